The average molecular weight is 237 g/mol. The molecule has 0 fully saturated rings. The summed E-state index contributed by atoms with van der Waals surface area (Å²) < 4.78 is 9.85. The van der Waals surface area contributed by atoms with Gasteiger partial charge in [0.15, 0.2) is 0 Å². The highest BCUT2D eigenvalue weighted by Gasteiger charge is 2.15. The van der Waals surface area contributed by atoms with Gasteiger partial charge in [0, 0.05) is 6.07 Å². The molecule has 0 spiro atoms. The molecular formula is C9H11N5O3. The predicted molar refractivity (Wildman–Crippen MR) is 55.9 cm³/mol. The molecule has 17 heavy (non-hydrogen) atoms. The minimum absolute atomic E-state index is 0.153. The van der Waals surface area contributed by atoms with Crippen molar-refractivity contribution in [2.45, 2.75) is 6.04 Å². The molecule has 0 radical (unpaired) electrons. The second-order valence-electron chi connectivity index (χ2n) is 3.19. The fraction of sp³-hybridized carbons (Fsp3) is 0.333. The van der Waals surface area contributed by atoms with Gasteiger partial charge in [0.25, 0.3) is 0 Å². The first-order valence-corrected chi connectivity index (χ1v) is 4.81. The highest BCUT2D eigenvalue weighted by molar-refractivity contribution is 5.49. The van der Waals surface area contributed by atoms with Crippen molar-refractivity contribution in [1.29, 1.82) is 0 Å². The standard InChI is InChI=1S/C9H11N5O3/c1-16-7-2-6(11-4-12-7)8-13-9(17-14-8)5(10)3-15/h2,4-5,15H,3,10H2,1H3. The zero-order valence-corrected chi connectivity index (χ0v) is 9.07. The molecule has 0 bridgehead atoms. The van der Waals surface area contributed by atoms with E-state index in [1.807, 2.05) is 0 Å². The van der Waals surface area contributed by atoms with Crippen molar-refractivity contribution in [3.63, 3.8) is 0 Å². The topological polar surface area (TPSA) is 120 Å². The number of hydrogen-bond acceptors (Lipinski definition) is 8. The predicted octanol–water partition coefficient (Wildman–Crippen LogP) is -0.473. The van der Waals surface area contributed by atoms with Crippen LogP contribution in [0.4, 0.5) is 0 Å². The Bertz CT molecular complexity index is 501. The van der Waals surface area contributed by atoms with E-state index in [2.05, 4.69) is 20.1 Å². The Balaban J connectivity index is 2.30. The first kappa shape index (κ1) is 11.4. The van der Waals surface area contributed by atoms with Crippen LogP contribution in [0.3, 0.4) is 0 Å². The molecule has 0 aliphatic rings. The van der Waals surface area contributed by atoms with Crippen molar-refractivity contribution in [2.75, 3.05) is 13.7 Å². The molecule has 1 unspecified atom stereocenters. The number of aromatic nitrogens is 4. The number of methoxy groups -OCH3 is 1. The van der Waals surface area contributed by atoms with Crippen LogP contribution in [0.15, 0.2) is 16.9 Å². The van der Waals surface area contributed by atoms with E-state index >= 15 is 0 Å². The molecule has 0 saturated heterocycles. The molecule has 2 heterocycles. The molecule has 0 aliphatic heterocycles. The Labute approximate surface area is 96.5 Å². The summed E-state index contributed by atoms with van der Waals surface area (Å²) in [6.45, 7) is -0.269. The summed E-state index contributed by atoms with van der Waals surface area (Å²) in [7, 11) is 1.50. The second kappa shape index (κ2) is 4.85. The van der Waals surface area contributed by atoms with E-state index < -0.39 is 6.04 Å². The molecule has 3 N–H and O–H groups in total. The van der Waals surface area contributed by atoms with E-state index in [0.717, 1.165) is 0 Å². The lowest BCUT2D eigenvalue weighted by Crippen LogP contribution is -2.14. The number of ether oxygens (including phenoxy) is 1. The van der Waals surface area contributed by atoms with Gasteiger partial charge in [-0.3, -0.25) is 0 Å². The third kappa shape index (κ3) is 2.37. The molecule has 0 amide bonds. The molecule has 2 rings (SSSR count). The molecule has 1 atom stereocenters. The average Bonchev–Trinajstić information content (AvgIpc) is 2.87. The van der Waals surface area contributed by atoms with Gasteiger partial charge in [-0.05, 0) is 0 Å². The Morgan fingerprint density at radius 3 is 3.06 bits per heavy atom. The van der Waals surface area contributed by atoms with Crippen LogP contribution in [-0.4, -0.2) is 38.9 Å². The quantitative estimate of drug-likeness (QED) is 0.731. The number of aliphatic hydroxyl groups excluding tert-OH is 1. The van der Waals surface area contributed by atoms with E-state index in [-0.39, 0.29) is 18.3 Å². The van der Waals surface area contributed by atoms with E-state index in [9.17, 15) is 0 Å². The largest absolute Gasteiger partial charge is 0.481 e. The second-order valence-corrected chi connectivity index (χ2v) is 3.19. The lowest BCUT2D eigenvalue weighted by Gasteiger charge is -1.99. The van der Waals surface area contributed by atoms with Gasteiger partial charge in [-0.1, -0.05) is 5.16 Å². The van der Waals surface area contributed by atoms with Crippen molar-refractivity contribution in [1.82, 2.24) is 20.1 Å². The smallest absolute Gasteiger partial charge is 0.246 e. The van der Waals surface area contributed by atoms with E-state index in [1.54, 1.807) is 6.07 Å². The minimum Gasteiger partial charge on any atom is -0.481 e. The van der Waals surface area contributed by atoms with Gasteiger partial charge in [-0.15, -0.1) is 0 Å². The van der Waals surface area contributed by atoms with Crippen LogP contribution in [-0.2, 0) is 0 Å². The van der Waals surface area contributed by atoms with E-state index in [0.29, 0.717) is 11.6 Å². The maximum Gasteiger partial charge on any atom is 0.246 e. The molecule has 8 nitrogen and oxygen atoms in total. The van der Waals surface area contributed by atoms with Crippen molar-refractivity contribution in [3.8, 4) is 17.4 Å². The summed E-state index contributed by atoms with van der Waals surface area (Å²) in [5, 5.41) is 12.6. The SMILES string of the molecule is COc1cc(-c2noc(C(N)CO)n2)ncn1. The maximum atomic E-state index is 8.85. The van der Waals surface area contributed by atoms with Gasteiger partial charge < -0.3 is 20.1 Å². The third-order valence-corrected chi connectivity index (χ3v) is 2.04. The summed E-state index contributed by atoms with van der Waals surface area (Å²) >= 11 is 0. The Morgan fingerprint density at radius 1 is 1.53 bits per heavy atom. The van der Waals surface area contributed by atoms with Gasteiger partial charge >= 0.3 is 0 Å². The molecule has 0 aromatic carbocycles. The van der Waals surface area contributed by atoms with Crippen LogP contribution in [0, 0.1) is 0 Å². The van der Waals surface area contributed by atoms with Crippen LogP contribution >= 0.6 is 0 Å². The maximum absolute atomic E-state index is 8.85. The molecule has 8 heteroatoms. The van der Waals surface area contributed by atoms with E-state index in [4.69, 9.17) is 20.1 Å². The summed E-state index contributed by atoms with van der Waals surface area (Å²) in [4.78, 5) is 11.9. The molecule has 2 aromatic heterocycles. The molecule has 2 aromatic rings. The van der Waals surface area contributed by atoms with Crippen molar-refractivity contribution in [2.24, 2.45) is 5.73 Å². The Kier molecular flexibility index (Phi) is 3.26. The molecular weight excluding hydrogens is 226 g/mol. The molecule has 90 valence electrons. The minimum atomic E-state index is -0.694. The lowest BCUT2D eigenvalue weighted by atomic mass is 10.3. The highest BCUT2D eigenvalue weighted by Crippen LogP contribution is 2.18. The monoisotopic (exact) mass is 237 g/mol. The van der Waals surface area contributed by atoms with Gasteiger partial charge in [-0.25, -0.2) is 9.97 Å². The first-order valence-electron chi connectivity index (χ1n) is 4.81. The number of rotatable bonds is 4. The summed E-state index contributed by atoms with van der Waals surface area (Å²) in [5.41, 5.74) is 5.99. The Morgan fingerprint density at radius 2 is 2.35 bits per heavy atom. The van der Waals surface area contributed by atoms with Crippen LogP contribution in [0.5, 0.6) is 5.88 Å². The summed E-state index contributed by atoms with van der Waals surface area (Å²) in [5.74, 6) is 0.817. The van der Waals surface area contributed by atoms with Crippen LogP contribution < -0.4 is 10.5 Å². The number of nitrogens with two attached hydrogens (primary N) is 1. The van der Waals surface area contributed by atoms with Crippen molar-refractivity contribution >= 4 is 0 Å². The summed E-state index contributed by atoms with van der Waals surface area (Å²) in [6, 6.07) is 0.874. The van der Waals surface area contributed by atoms with Gasteiger partial charge in [0.05, 0.1) is 13.7 Å². The van der Waals surface area contributed by atoms with Gasteiger partial charge in [-0.2, -0.15) is 4.98 Å². The van der Waals surface area contributed by atoms with Gasteiger partial charge in [0.2, 0.25) is 17.6 Å². The third-order valence-electron chi connectivity index (χ3n) is 2.04. The Hall–Kier alpha value is -2.06. The van der Waals surface area contributed by atoms with Crippen LogP contribution in [0.25, 0.3) is 11.5 Å². The first-order chi connectivity index (χ1) is 8.24. The molecule has 0 saturated carbocycles. The zero-order valence-electron chi connectivity index (χ0n) is 9.07. The molecule has 0 aliphatic carbocycles. The number of nitrogens with zero attached hydrogens (tertiary/aromatic N) is 4. The van der Waals surface area contributed by atoms with Gasteiger partial charge in [0.1, 0.15) is 18.1 Å². The summed E-state index contributed by atoms with van der Waals surface area (Å²) in [6.07, 6.45) is 1.33. The lowest BCUT2D eigenvalue weighted by molar-refractivity contribution is 0.237. The van der Waals surface area contributed by atoms with Crippen LogP contribution in [0.1, 0.15) is 11.9 Å². The normalized spacial score (nSPS) is 12.4. The number of aliphatic hydroxyl groups is 1. The van der Waals surface area contributed by atoms with Crippen LogP contribution in [0.2, 0.25) is 0 Å². The van der Waals surface area contributed by atoms with E-state index in [1.165, 1.54) is 13.4 Å². The fourth-order valence-corrected chi connectivity index (χ4v) is 1.14. The fourth-order valence-electron chi connectivity index (χ4n) is 1.14. The zero-order chi connectivity index (χ0) is 12.3. The van der Waals surface area contributed by atoms with Crippen molar-refractivity contribution < 1.29 is 14.4 Å². The van der Waals surface area contributed by atoms with Crippen molar-refractivity contribution in [3.05, 3.63) is 18.3 Å². The highest BCUT2D eigenvalue weighted by atomic mass is 16.5. The number of hydrogen-bond donors (Lipinski definition) is 2.